The number of fused-ring (bicyclic) bond motifs is 1. The van der Waals surface area contributed by atoms with E-state index in [-0.39, 0.29) is 17.7 Å². The van der Waals surface area contributed by atoms with Crippen LogP contribution in [0.1, 0.15) is 45.7 Å². The van der Waals surface area contributed by atoms with Crippen molar-refractivity contribution < 1.29 is 9.59 Å². The summed E-state index contributed by atoms with van der Waals surface area (Å²) in [7, 11) is 0. The molecule has 1 aliphatic heterocycles. The minimum atomic E-state index is -0.199. The molecule has 0 N–H and O–H groups in total. The van der Waals surface area contributed by atoms with Crippen molar-refractivity contribution in [2.75, 3.05) is 6.54 Å². The maximum absolute atomic E-state index is 12.5. The first-order valence-electron chi connectivity index (χ1n) is 6.76. The summed E-state index contributed by atoms with van der Waals surface area (Å²) in [5, 5.41) is 0. The van der Waals surface area contributed by atoms with Crippen LogP contribution in [0.4, 0.5) is 0 Å². The fraction of sp³-hybridized carbons (Fsp3) is 0.294. The lowest BCUT2D eigenvalue weighted by Crippen LogP contribution is -2.33. The quantitative estimate of drug-likeness (QED) is 0.620. The van der Waals surface area contributed by atoms with Gasteiger partial charge in [-0.1, -0.05) is 37.3 Å². The van der Waals surface area contributed by atoms with Gasteiger partial charge in [-0.05, 0) is 30.9 Å². The molecule has 104 valence electrons. The van der Waals surface area contributed by atoms with Gasteiger partial charge in [0.25, 0.3) is 11.8 Å². The third-order valence-corrected chi connectivity index (χ3v) is 3.58. The average molecular weight is 269 g/mol. The summed E-state index contributed by atoms with van der Waals surface area (Å²) >= 11 is 0. The van der Waals surface area contributed by atoms with Gasteiger partial charge in [-0.25, -0.2) is 0 Å². The van der Waals surface area contributed by atoms with Crippen LogP contribution in [0.25, 0.3) is 6.08 Å². The molecule has 0 aliphatic carbocycles. The summed E-state index contributed by atoms with van der Waals surface area (Å²) in [5.41, 5.74) is 2.73. The average Bonchev–Trinajstić information content (AvgIpc) is 2.68. The Labute approximate surface area is 119 Å². The molecule has 0 bridgehead atoms. The van der Waals surface area contributed by atoms with Crippen molar-refractivity contribution in [2.45, 2.75) is 20.8 Å². The van der Waals surface area contributed by atoms with Crippen LogP contribution >= 0.6 is 0 Å². The molecular weight excluding hydrogens is 250 g/mol. The summed E-state index contributed by atoms with van der Waals surface area (Å²) in [5.74, 6) is -0.305. The highest BCUT2D eigenvalue weighted by molar-refractivity contribution is 6.23. The van der Waals surface area contributed by atoms with Crippen molar-refractivity contribution in [2.24, 2.45) is 5.92 Å². The molecule has 2 amide bonds. The molecular formula is C17H19NO2. The number of benzene rings is 1. The number of allylic oxidation sites excluding steroid dienone is 1. The van der Waals surface area contributed by atoms with E-state index in [1.54, 1.807) is 6.08 Å². The topological polar surface area (TPSA) is 37.4 Å². The van der Waals surface area contributed by atoms with Crippen LogP contribution < -0.4 is 0 Å². The summed E-state index contributed by atoms with van der Waals surface area (Å²) < 4.78 is 0. The lowest BCUT2D eigenvalue weighted by Gasteiger charge is -2.16. The van der Waals surface area contributed by atoms with Crippen molar-refractivity contribution >= 4 is 17.9 Å². The molecule has 1 atom stereocenters. The number of hydrogen-bond acceptors (Lipinski definition) is 2. The van der Waals surface area contributed by atoms with Gasteiger partial charge in [0, 0.05) is 6.54 Å². The van der Waals surface area contributed by atoms with E-state index in [0.29, 0.717) is 17.7 Å². The number of amides is 2. The summed E-state index contributed by atoms with van der Waals surface area (Å²) in [6.07, 6.45) is 5.49. The zero-order chi connectivity index (χ0) is 14.9. The molecule has 1 aromatic carbocycles. The van der Waals surface area contributed by atoms with Gasteiger partial charge in [0.2, 0.25) is 0 Å². The third kappa shape index (κ3) is 2.20. The maximum atomic E-state index is 12.5. The Morgan fingerprint density at radius 3 is 2.50 bits per heavy atom. The molecule has 0 fully saturated rings. The van der Waals surface area contributed by atoms with Gasteiger partial charge in [0.05, 0.1) is 11.1 Å². The van der Waals surface area contributed by atoms with Crippen LogP contribution in [-0.2, 0) is 0 Å². The Hall–Kier alpha value is -2.16. The molecule has 1 unspecified atom stereocenters. The fourth-order valence-electron chi connectivity index (χ4n) is 2.44. The Balaban J connectivity index is 2.52. The molecule has 0 aromatic heterocycles. The molecule has 1 heterocycles. The molecule has 0 saturated carbocycles. The number of carbonyl (C=O) groups is 2. The van der Waals surface area contributed by atoms with Crippen LogP contribution in [0.5, 0.6) is 0 Å². The summed E-state index contributed by atoms with van der Waals surface area (Å²) in [4.78, 5) is 26.4. The van der Waals surface area contributed by atoms with E-state index in [1.807, 2.05) is 45.1 Å². The molecule has 3 nitrogen and oxygen atoms in total. The van der Waals surface area contributed by atoms with Gasteiger partial charge in [-0.3, -0.25) is 14.5 Å². The highest BCUT2D eigenvalue weighted by atomic mass is 16.2. The molecule has 2 rings (SSSR count). The number of rotatable bonds is 4. The lowest BCUT2D eigenvalue weighted by atomic mass is 9.98. The number of nitrogens with zero attached hydrogens (tertiary/aromatic N) is 1. The van der Waals surface area contributed by atoms with Gasteiger partial charge < -0.3 is 0 Å². The summed E-state index contributed by atoms with van der Waals surface area (Å²) in [6.45, 7) is 9.79. The van der Waals surface area contributed by atoms with E-state index in [2.05, 4.69) is 6.58 Å². The zero-order valence-electron chi connectivity index (χ0n) is 12.1. The van der Waals surface area contributed by atoms with E-state index in [1.165, 1.54) is 4.90 Å². The van der Waals surface area contributed by atoms with E-state index >= 15 is 0 Å². The smallest absolute Gasteiger partial charge is 0.262 e. The van der Waals surface area contributed by atoms with Crippen LogP contribution in [0.15, 0.2) is 30.9 Å². The minimum absolute atomic E-state index is 0.0858. The molecule has 0 radical (unpaired) electrons. The van der Waals surface area contributed by atoms with Gasteiger partial charge >= 0.3 is 0 Å². The normalized spacial score (nSPS) is 15.8. The second-order valence-electron chi connectivity index (χ2n) is 5.16. The first-order chi connectivity index (χ1) is 9.51. The Morgan fingerprint density at radius 1 is 1.25 bits per heavy atom. The van der Waals surface area contributed by atoms with Crippen molar-refractivity contribution in [3.8, 4) is 0 Å². The van der Waals surface area contributed by atoms with E-state index < -0.39 is 0 Å². The highest BCUT2D eigenvalue weighted by Crippen LogP contribution is 2.30. The number of imide groups is 1. The Kier molecular flexibility index (Phi) is 3.89. The standard InChI is InChI=1S/C17H19NO2/c1-5-7-13-9-8-12(4)14-15(13)17(20)18(16(14)19)10-11(3)6-2/h5-9,11H,2,10H2,1,3-4H3/b7-5+. The van der Waals surface area contributed by atoms with Crippen molar-refractivity contribution in [3.63, 3.8) is 0 Å². The highest BCUT2D eigenvalue weighted by Gasteiger charge is 2.38. The first-order valence-corrected chi connectivity index (χ1v) is 6.76. The Bertz CT molecular complexity index is 614. The van der Waals surface area contributed by atoms with Crippen molar-refractivity contribution in [1.82, 2.24) is 4.90 Å². The van der Waals surface area contributed by atoms with Gasteiger partial charge in [-0.2, -0.15) is 0 Å². The molecule has 3 heteroatoms. The molecule has 0 saturated heterocycles. The van der Waals surface area contributed by atoms with Crippen molar-refractivity contribution in [3.05, 3.63) is 53.1 Å². The largest absolute Gasteiger partial charge is 0.274 e. The van der Waals surface area contributed by atoms with E-state index in [9.17, 15) is 9.59 Å². The fourth-order valence-corrected chi connectivity index (χ4v) is 2.44. The molecule has 20 heavy (non-hydrogen) atoms. The van der Waals surface area contributed by atoms with Crippen LogP contribution in [0, 0.1) is 12.8 Å². The second kappa shape index (κ2) is 5.45. The van der Waals surface area contributed by atoms with Gasteiger partial charge in [-0.15, -0.1) is 6.58 Å². The number of hydrogen-bond donors (Lipinski definition) is 0. The Morgan fingerprint density at radius 2 is 1.90 bits per heavy atom. The molecule has 1 aliphatic rings. The minimum Gasteiger partial charge on any atom is -0.274 e. The van der Waals surface area contributed by atoms with Crippen LogP contribution in [0.2, 0.25) is 0 Å². The monoisotopic (exact) mass is 269 g/mol. The van der Waals surface area contributed by atoms with Gasteiger partial charge in [0.15, 0.2) is 0 Å². The first kappa shape index (κ1) is 14.3. The zero-order valence-corrected chi connectivity index (χ0v) is 12.1. The van der Waals surface area contributed by atoms with E-state index in [4.69, 9.17) is 0 Å². The molecule has 1 aromatic rings. The van der Waals surface area contributed by atoms with Crippen LogP contribution in [-0.4, -0.2) is 23.3 Å². The predicted molar refractivity (Wildman–Crippen MR) is 80.6 cm³/mol. The second-order valence-corrected chi connectivity index (χ2v) is 5.16. The van der Waals surface area contributed by atoms with Crippen molar-refractivity contribution in [1.29, 1.82) is 0 Å². The maximum Gasteiger partial charge on any atom is 0.262 e. The number of carbonyl (C=O) groups excluding carboxylic acids is 2. The predicted octanol–water partition coefficient (Wildman–Crippen LogP) is 3.45. The third-order valence-electron chi connectivity index (χ3n) is 3.58. The lowest BCUT2D eigenvalue weighted by molar-refractivity contribution is 0.0641. The molecule has 0 spiro atoms. The van der Waals surface area contributed by atoms with E-state index in [0.717, 1.165) is 11.1 Å². The number of aryl methyl sites for hydroxylation is 1. The van der Waals surface area contributed by atoms with Crippen LogP contribution in [0.3, 0.4) is 0 Å². The van der Waals surface area contributed by atoms with Gasteiger partial charge in [0.1, 0.15) is 0 Å². The SMILES string of the molecule is C=CC(C)CN1C(=O)c2c(C)ccc(/C=C/C)c2C1=O. The summed E-state index contributed by atoms with van der Waals surface area (Å²) in [6, 6.07) is 3.78.